The lowest BCUT2D eigenvalue weighted by Crippen LogP contribution is -2.48. The molecule has 2 unspecified atom stereocenters. The molecule has 5 heteroatoms. The molecule has 0 radical (unpaired) electrons. The molecule has 114 valence electrons. The van der Waals surface area contributed by atoms with Gasteiger partial charge in [-0.1, -0.05) is 30.3 Å². The summed E-state index contributed by atoms with van der Waals surface area (Å²) in [5.41, 5.74) is 10.1. The minimum absolute atomic E-state index is 0. The second-order valence-electron chi connectivity index (χ2n) is 5.62. The van der Waals surface area contributed by atoms with Crippen LogP contribution >= 0.6 is 12.4 Å². The number of fused-ring (bicyclic) bond motifs is 2. The van der Waals surface area contributed by atoms with E-state index in [-0.39, 0.29) is 24.6 Å². The maximum absolute atomic E-state index is 6.41. The SMILES string of the molecule is CC1c2ccccc2CC(N)N1c1cn2ccccc2n1.Cl. The molecule has 0 saturated heterocycles. The molecule has 0 fully saturated rings. The Balaban J connectivity index is 0.00000144. The Labute approximate surface area is 136 Å². The van der Waals surface area contributed by atoms with Crippen molar-refractivity contribution in [1.29, 1.82) is 0 Å². The first-order valence-corrected chi connectivity index (χ1v) is 7.29. The van der Waals surface area contributed by atoms with Gasteiger partial charge in [0.1, 0.15) is 11.5 Å². The van der Waals surface area contributed by atoms with Gasteiger partial charge in [-0.05, 0) is 30.2 Å². The van der Waals surface area contributed by atoms with Gasteiger partial charge in [0.15, 0.2) is 0 Å². The number of nitrogens with zero attached hydrogens (tertiary/aromatic N) is 3. The second-order valence-corrected chi connectivity index (χ2v) is 5.62. The van der Waals surface area contributed by atoms with Gasteiger partial charge in [0.2, 0.25) is 0 Å². The minimum atomic E-state index is -0.0418. The summed E-state index contributed by atoms with van der Waals surface area (Å²) in [7, 11) is 0. The van der Waals surface area contributed by atoms with Crippen LogP contribution in [-0.4, -0.2) is 15.6 Å². The van der Waals surface area contributed by atoms with Crippen LogP contribution in [0.2, 0.25) is 0 Å². The van der Waals surface area contributed by atoms with Crippen LogP contribution in [0.1, 0.15) is 24.1 Å². The van der Waals surface area contributed by atoms with E-state index in [0.717, 1.165) is 17.9 Å². The van der Waals surface area contributed by atoms with Crippen LogP contribution in [0.5, 0.6) is 0 Å². The quantitative estimate of drug-likeness (QED) is 0.750. The normalized spacial score (nSPS) is 20.5. The van der Waals surface area contributed by atoms with E-state index < -0.39 is 0 Å². The molecule has 1 aromatic carbocycles. The molecule has 0 spiro atoms. The Hall–Kier alpha value is -2.04. The highest BCUT2D eigenvalue weighted by atomic mass is 35.5. The summed E-state index contributed by atoms with van der Waals surface area (Å²) >= 11 is 0. The van der Waals surface area contributed by atoms with Gasteiger partial charge in [0, 0.05) is 12.6 Å². The molecule has 2 atom stereocenters. The van der Waals surface area contributed by atoms with Crippen molar-refractivity contribution < 1.29 is 0 Å². The second kappa shape index (κ2) is 5.63. The molecule has 2 aromatic heterocycles. The summed E-state index contributed by atoms with van der Waals surface area (Å²) < 4.78 is 2.04. The first-order valence-electron chi connectivity index (χ1n) is 7.29. The Bertz CT molecular complexity index is 765. The third-order valence-electron chi connectivity index (χ3n) is 4.32. The van der Waals surface area contributed by atoms with Crippen LogP contribution < -0.4 is 10.6 Å². The molecule has 4 rings (SSSR count). The smallest absolute Gasteiger partial charge is 0.149 e. The van der Waals surface area contributed by atoms with E-state index in [4.69, 9.17) is 10.7 Å². The molecular formula is C17H19ClN4. The molecule has 0 saturated carbocycles. The standard InChI is InChI=1S/C17H18N4.ClH/c1-12-14-7-3-2-6-13(14)10-15(18)21(12)17-11-20-9-5-4-8-16(20)19-17;/h2-9,11-12,15H,10,18H2,1H3;1H. The number of halogens is 1. The molecule has 1 aliphatic heterocycles. The van der Waals surface area contributed by atoms with Crippen molar-refractivity contribution in [2.24, 2.45) is 5.73 Å². The molecule has 0 bridgehead atoms. The number of anilines is 1. The molecule has 4 nitrogen and oxygen atoms in total. The zero-order valence-corrected chi connectivity index (χ0v) is 13.2. The van der Waals surface area contributed by atoms with Crippen molar-refractivity contribution in [2.45, 2.75) is 25.6 Å². The lowest BCUT2D eigenvalue weighted by Gasteiger charge is -2.40. The fourth-order valence-corrected chi connectivity index (χ4v) is 3.30. The predicted molar refractivity (Wildman–Crippen MR) is 91.5 cm³/mol. The van der Waals surface area contributed by atoms with Crippen molar-refractivity contribution >= 4 is 23.9 Å². The summed E-state index contributed by atoms with van der Waals surface area (Å²) in [6.07, 6.45) is 4.88. The molecule has 22 heavy (non-hydrogen) atoms. The molecule has 3 aromatic rings. The van der Waals surface area contributed by atoms with Gasteiger partial charge in [0.05, 0.1) is 18.4 Å². The average Bonchev–Trinajstić information content (AvgIpc) is 2.90. The molecule has 1 aliphatic rings. The number of pyridine rings is 1. The monoisotopic (exact) mass is 314 g/mol. The van der Waals surface area contributed by atoms with Crippen LogP contribution in [0, 0.1) is 0 Å². The van der Waals surface area contributed by atoms with E-state index in [1.165, 1.54) is 11.1 Å². The van der Waals surface area contributed by atoms with Crippen molar-refractivity contribution in [2.75, 3.05) is 4.90 Å². The van der Waals surface area contributed by atoms with Crippen LogP contribution in [0.3, 0.4) is 0 Å². The van der Waals surface area contributed by atoms with Gasteiger partial charge in [-0.25, -0.2) is 4.98 Å². The number of imidazole rings is 1. The summed E-state index contributed by atoms with van der Waals surface area (Å²) in [5.74, 6) is 0.940. The molecule has 0 aliphatic carbocycles. The van der Waals surface area contributed by atoms with Crippen LogP contribution in [0.15, 0.2) is 54.9 Å². The maximum Gasteiger partial charge on any atom is 0.149 e. The van der Waals surface area contributed by atoms with E-state index >= 15 is 0 Å². The summed E-state index contributed by atoms with van der Waals surface area (Å²) in [5, 5.41) is 0. The third-order valence-corrected chi connectivity index (χ3v) is 4.32. The maximum atomic E-state index is 6.41. The predicted octanol–water partition coefficient (Wildman–Crippen LogP) is 3.16. The molecular weight excluding hydrogens is 296 g/mol. The number of rotatable bonds is 1. The molecule has 0 amide bonds. The van der Waals surface area contributed by atoms with Gasteiger partial charge in [-0.2, -0.15) is 0 Å². The fourth-order valence-electron chi connectivity index (χ4n) is 3.30. The average molecular weight is 315 g/mol. The van der Waals surface area contributed by atoms with Gasteiger partial charge in [-0.3, -0.25) is 0 Å². The lowest BCUT2D eigenvalue weighted by molar-refractivity contribution is 0.506. The van der Waals surface area contributed by atoms with Gasteiger partial charge in [-0.15, -0.1) is 12.4 Å². The van der Waals surface area contributed by atoms with E-state index in [0.29, 0.717) is 0 Å². The first-order chi connectivity index (χ1) is 10.2. The third kappa shape index (κ3) is 2.25. The Morgan fingerprint density at radius 2 is 1.91 bits per heavy atom. The van der Waals surface area contributed by atoms with Crippen molar-refractivity contribution in [3.8, 4) is 0 Å². The minimum Gasteiger partial charge on any atom is -0.333 e. The van der Waals surface area contributed by atoms with E-state index in [9.17, 15) is 0 Å². The summed E-state index contributed by atoms with van der Waals surface area (Å²) in [4.78, 5) is 6.94. The van der Waals surface area contributed by atoms with Gasteiger partial charge >= 0.3 is 0 Å². The highest BCUT2D eigenvalue weighted by Gasteiger charge is 2.30. The number of benzene rings is 1. The topological polar surface area (TPSA) is 46.6 Å². The summed E-state index contributed by atoms with van der Waals surface area (Å²) in [6.45, 7) is 2.20. The highest BCUT2D eigenvalue weighted by Crippen LogP contribution is 2.34. The molecule has 3 heterocycles. The Morgan fingerprint density at radius 3 is 2.73 bits per heavy atom. The number of aromatic nitrogens is 2. The highest BCUT2D eigenvalue weighted by molar-refractivity contribution is 5.85. The van der Waals surface area contributed by atoms with Gasteiger partial charge in [0.25, 0.3) is 0 Å². The first kappa shape index (κ1) is 14.9. The lowest BCUT2D eigenvalue weighted by atomic mass is 9.92. The Kier molecular flexibility index (Phi) is 3.81. The number of hydrogen-bond donors (Lipinski definition) is 1. The zero-order valence-electron chi connectivity index (χ0n) is 12.4. The number of nitrogens with two attached hydrogens (primary N) is 1. The summed E-state index contributed by atoms with van der Waals surface area (Å²) in [6, 6.07) is 14.8. The van der Waals surface area contributed by atoms with Crippen molar-refractivity contribution in [1.82, 2.24) is 9.38 Å². The van der Waals surface area contributed by atoms with E-state index in [1.54, 1.807) is 0 Å². The Morgan fingerprint density at radius 1 is 1.14 bits per heavy atom. The van der Waals surface area contributed by atoms with Crippen LogP contribution in [0.25, 0.3) is 5.65 Å². The molecule has 2 N–H and O–H groups in total. The largest absolute Gasteiger partial charge is 0.333 e. The van der Waals surface area contributed by atoms with E-state index in [2.05, 4.69) is 42.3 Å². The number of hydrogen-bond acceptors (Lipinski definition) is 3. The van der Waals surface area contributed by atoms with Crippen LogP contribution in [-0.2, 0) is 6.42 Å². The van der Waals surface area contributed by atoms with Crippen molar-refractivity contribution in [3.63, 3.8) is 0 Å². The van der Waals surface area contributed by atoms with Crippen molar-refractivity contribution in [3.05, 3.63) is 66.0 Å². The van der Waals surface area contributed by atoms with Gasteiger partial charge < -0.3 is 15.0 Å². The zero-order chi connectivity index (χ0) is 14.4. The van der Waals surface area contributed by atoms with Crippen LogP contribution in [0.4, 0.5) is 5.82 Å². The fraction of sp³-hybridized carbons (Fsp3) is 0.235. The van der Waals surface area contributed by atoms with E-state index in [1.807, 2.05) is 28.8 Å².